The number of aromatic hydroxyl groups is 1. The Kier molecular flexibility index (Phi) is 4.85. The summed E-state index contributed by atoms with van der Waals surface area (Å²) in [6.45, 7) is 1.98. The molecule has 110 valence electrons. The van der Waals surface area contributed by atoms with Gasteiger partial charge in [0.1, 0.15) is 0 Å². The second-order valence-corrected chi connectivity index (χ2v) is 5.81. The lowest BCUT2D eigenvalue weighted by molar-refractivity contribution is -0.116. The summed E-state index contributed by atoms with van der Waals surface area (Å²) in [6, 6.07) is 12.6. The summed E-state index contributed by atoms with van der Waals surface area (Å²) in [5, 5.41) is 12.6. The average Bonchev–Trinajstić information content (AvgIpc) is 2.44. The summed E-state index contributed by atoms with van der Waals surface area (Å²) in [5.41, 5.74) is 7.81. The van der Waals surface area contributed by atoms with Crippen LogP contribution < -0.4 is 11.1 Å². The second-order valence-electron chi connectivity index (χ2n) is 4.96. The fraction of sp³-hybridized carbons (Fsp3) is 0.188. The Hall–Kier alpha value is -2.01. The highest BCUT2D eigenvalue weighted by molar-refractivity contribution is 9.10. The van der Waals surface area contributed by atoms with Crippen LogP contribution in [0.1, 0.15) is 24.8 Å². The lowest BCUT2D eigenvalue weighted by atomic mass is 9.97. The van der Waals surface area contributed by atoms with E-state index >= 15 is 0 Å². The fourth-order valence-electron chi connectivity index (χ4n) is 2.04. The molecule has 0 aliphatic rings. The van der Waals surface area contributed by atoms with Crippen LogP contribution in [0, 0.1) is 0 Å². The van der Waals surface area contributed by atoms with Crippen molar-refractivity contribution in [2.75, 3.05) is 11.1 Å². The number of carbonyl (C=O) groups is 1. The number of nitrogen functional groups attached to an aromatic ring is 1. The Bertz CT molecular complexity index is 641. The number of phenols is 1. The van der Waals surface area contributed by atoms with Gasteiger partial charge >= 0.3 is 0 Å². The number of nitrogens with one attached hydrogen (secondary N) is 1. The molecule has 4 nitrogen and oxygen atoms in total. The summed E-state index contributed by atoms with van der Waals surface area (Å²) in [5.74, 6) is -0.0430. The predicted octanol–water partition coefficient (Wildman–Crippen LogP) is 3.87. The van der Waals surface area contributed by atoms with Crippen LogP contribution >= 0.6 is 15.9 Å². The Morgan fingerprint density at radius 1 is 1.29 bits per heavy atom. The first-order valence-corrected chi connectivity index (χ1v) is 7.39. The maximum atomic E-state index is 12.1. The second kappa shape index (κ2) is 6.63. The summed E-state index contributed by atoms with van der Waals surface area (Å²) in [7, 11) is 0. The molecule has 0 aromatic heterocycles. The van der Waals surface area contributed by atoms with Gasteiger partial charge < -0.3 is 16.2 Å². The minimum absolute atomic E-state index is 0.0333. The zero-order chi connectivity index (χ0) is 15.4. The van der Waals surface area contributed by atoms with Gasteiger partial charge in [0.15, 0.2) is 5.75 Å². The van der Waals surface area contributed by atoms with E-state index in [0.717, 1.165) is 5.56 Å². The van der Waals surface area contributed by atoms with Gasteiger partial charge in [-0.1, -0.05) is 25.1 Å². The van der Waals surface area contributed by atoms with Crippen molar-refractivity contribution in [3.8, 4) is 5.75 Å². The molecule has 0 aliphatic carbocycles. The Morgan fingerprint density at radius 2 is 1.95 bits per heavy atom. The lowest BCUT2D eigenvalue weighted by Crippen LogP contribution is -2.14. The van der Waals surface area contributed by atoms with Crippen LogP contribution in [0.3, 0.4) is 0 Å². The monoisotopic (exact) mass is 348 g/mol. The van der Waals surface area contributed by atoms with Gasteiger partial charge in [-0.25, -0.2) is 0 Å². The van der Waals surface area contributed by atoms with Crippen LogP contribution in [0.25, 0.3) is 0 Å². The van der Waals surface area contributed by atoms with Gasteiger partial charge in [-0.15, -0.1) is 0 Å². The van der Waals surface area contributed by atoms with Crippen molar-refractivity contribution in [3.05, 3.63) is 52.5 Å². The first kappa shape index (κ1) is 15.4. The fourth-order valence-corrected chi connectivity index (χ4v) is 2.40. The first-order valence-electron chi connectivity index (χ1n) is 6.60. The minimum Gasteiger partial charge on any atom is -0.505 e. The van der Waals surface area contributed by atoms with E-state index in [-0.39, 0.29) is 17.6 Å². The molecule has 0 bridgehead atoms. The smallest absolute Gasteiger partial charge is 0.225 e. The molecule has 2 aromatic carbocycles. The van der Waals surface area contributed by atoms with Crippen molar-refractivity contribution in [3.63, 3.8) is 0 Å². The maximum Gasteiger partial charge on any atom is 0.225 e. The van der Waals surface area contributed by atoms with Gasteiger partial charge in [0.25, 0.3) is 0 Å². The van der Waals surface area contributed by atoms with Crippen LogP contribution in [0.2, 0.25) is 0 Å². The number of halogens is 1. The lowest BCUT2D eigenvalue weighted by Gasteiger charge is -2.13. The molecule has 0 saturated carbocycles. The molecule has 4 N–H and O–H groups in total. The third-order valence-electron chi connectivity index (χ3n) is 3.26. The molecular weight excluding hydrogens is 332 g/mol. The number of rotatable bonds is 4. The van der Waals surface area contributed by atoms with Crippen LogP contribution in [0.4, 0.5) is 11.4 Å². The molecule has 1 atom stereocenters. The van der Waals surface area contributed by atoms with Gasteiger partial charge in [-0.2, -0.15) is 0 Å². The highest BCUT2D eigenvalue weighted by Gasteiger charge is 2.13. The van der Waals surface area contributed by atoms with Gasteiger partial charge in [0, 0.05) is 12.1 Å². The zero-order valence-corrected chi connectivity index (χ0v) is 13.2. The number of carbonyl (C=O) groups excluding carboxylic acids is 1. The molecule has 1 unspecified atom stereocenters. The summed E-state index contributed by atoms with van der Waals surface area (Å²) >= 11 is 3.22. The third kappa shape index (κ3) is 3.98. The molecule has 0 aliphatic heterocycles. The number of anilines is 2. The molecule has 2 aromatic rings. The van der Waals surface area contributed by atoms with Crippen LogP contribution in [0.5, 0.6) is 5.75 Å². The maximum absolute atomic E-state index is 12.1. The molecule has 0 saturated heterocycles. The van der Waals surface area contributed by atoms with Crippen LogP contribution in [-0.4, -0.2) is 11.0 Å². The van der Waals surface area contributed by atoms with E-state index in [9.17, 15) is 9.90 Å². The SMILES string of the molecule is CC(CC(=O)Nc1cccc(Br)c1O)c1ccc(N)cc1. The van der Waals surface area contributed by atoms with E-state index in [2.05, 4.69) is 21.2 Å². The van der Waals surface area contributed by atoms with Gasteiger partial charge in [-0.3, -0.25) is 4.79 Å². The highest BCUT2D eigenvalue weighted by atomic mass is 79.9. The van der Waals surface area contributed by atoms with Gasteiger partial charge in [0.05, 0.1) is 10.2 Å². The van der Waals surface area contributed by atoms with Gasteiger partial charge in [0.2, 0.25) is 5.91 Å². The first-order chi connectivity index (χ1) is 9.97. The minimum atomic E-state index is -0.146. The van der Waals surface area contributed by atoms with Crippen LogP contribution in [0.15, 0.2) is 46.9 Å². The largest absolute Gasteiger partial charge is 0.505 e. The van der Waals surface area contributed by atoms with Crippen molar-refractivity contribution in [1.29, 1.82) is 0 Å². The van der Waals surface area contributed by atoms with Gasteiger partial charge in [-0.05, 0) is 51.7 Å². The molecule has 21 heavy (non-hydrogen) atoms. The van der Waals surface area contributed by atoms with E-state index < -0.39 is 0 Å². The predicted molar refractivity (Wildman–Crippen MR) is 88.3 cm³/mol. The summed E-state index contributed by atoms with van der Waals surface area (Å²) < 4.78 is 0.548. The third-order valence-corrected chi connectivity index (χ3v) is 3.90. The quantitative estimate of drug-likeness (QED) is 0.579. The topological polar surface area (TPSA) is 75.3 Å². The highest BCUT2D eigenvalue weighted by Crippen LogP contribution is 2.32. The number of amides is 1. The van der Waals surface area contributed by atoms with Crippen molar-refractivity contribution in [1.82, 2.24) is 0 Å². The number of hydrogen-bond acceptors (Lipinski definition) is 3. The van der Waals surface area contributed by atoms with Crippen molar-refractivity contribution >= 4 is 33.2 Å². The molecular formula is C16H17BrN2O2. The Balaban J connectivity index is 2.01. The molecule has 2 rings (SSSR count). The number of nitrogens with two attached hydrogens (primary N) is 1. The Morgan fingerprint density at radius 3 is 2.62 bits per heavy atom. The molecule has 0 radical (unpaired) electrons. The number of hydrogen-bond donors (Lipinski definition) is 3. The number of phenolic OH excluding ortho intramolecular Hbond substituents is 1. The molecule has 0 heterocycles. The van der Waals surface area contributed by atoms with Crippen molar-refractivity contribution < 1.29 is 9.90 Å². The zero-order valence-electron chi connectivity index (χ0n) is 11.6. The van der Waals surface area contributed by atoms with E-state index in [4.69, 9.17) is 5.73 Å². The molecule has 0 spiro atoms. The summed E-state index contributed by atoms with van der Waals surface area (Å²) in [6.07, 6.45) is 0.329. The van der Waals surface area contributed by atoms with E-state index in [1.54, 1.807) is 18.2 Å². The van der Waals surface area contributed by atoms with Crippen molar-refractivity contribution in [2.45, 2.75) is 19.3 Å². The van der Waals surface area contributed by atoms with E-state index in [1.807, 2.05) is 31.2 Å². The molecule has 5 heteroatoms. The van der Waals surface area contributed by atoms with Crippen molar-refractivity contribution in [2.24, 2.45) is 0 Å². The number of para-hydroxylation sites is 1. The number of benzene rings is 2. The standard InChI is InChI=1S/C16H17BrN2O2/c1-10(11-5-7-12(18)8-6-11)9-15(20)19-14-4-2-3-13(17)16(14)21/h2-8,10,21H,9,18H2,1H3,(H,19,20). The average molecular weight is 349 g/mol. The van der Waals surface area contributed by atoms with E-state index in [0.29, 0.717) is 22.3 Å². The molecule has 0 fully saturated rings. The van der Waals surface area contributed by atoms with E-state index in [1.165, 1.54) is 0 Å². The summed E-state index contributed by atoms with van der Waals surface area (Å²) in [4.78, 5) is 12.1. The van der Waals surface area contributed by atoms with Crippen LogP contribution in [-0.2, 0) is 4.79 Å². The normalized spacial score (nSPS) is 11.9. The molecule has 1 amide bonds. The Labute approximate surface area is 132 Å².